The number of nitrogens with one attached hydrogen (secondary N) is 2. The normalized spacial score (nSPS) is 12.8. The summed E-state index contributed by atoms with van der Waals surface area (Å²) in [5, 5.41) is 7.71. The van der Waals surface area contributed by atoms with Gasteiger partial charge in [0.05, 0.1) is 18.8 Å². The molecule has 0 saturated heterocycles. The first-order chi connectivity index (χ1) is 11.1. The van der Waals surface area contributed by atoms with Crippen molar-refractivity contribution in [2.24, 2.45) is 4.99 Å². The van der Waals surface area contributed by atoms with E-state index in [1.54, 1.807) is 24.6 Å². The Morgan fingerprint density at radius 2 is 2.21 bits per heavy atom. The van der Waals surface area contributed by atoms with Crippen molar-refractivity contribution < 1.29 is 4.42 Å². The van der Waals surface area contributed by atoms with Crippen LogP contribution in [0.4, 0.5) is 0 Å². The maximum atomic E-state index is 5.52. The van der Waals surface area contributed by atoms with Gasteiger partial charge in [-0.25, -0.2) is 4.98 Å². The average molecular weight is 463 g/mol. The molecule has 2 heterocycles. The highest BCUT2D eigenvalue weighted by Gasteiger charge is 2.17. The van der Waals surface area contributed by atoms with Gasteiger partial charge in [0.2, 0.25) is 0 Å². The lowest BCUT2D eigenvalue weighted by Gasteiger charge is -2.23. The topological polar surface area (TPSA) is 65.7 Å². The molecule has 2 aromatic heterocycles. The summed E-state index contributed by atoms with van der Waals surface area (Å²) in [7, 11) is 5.84. The molecule has 0 aliphatic rings. The number of aromatic nitrogens is 1. The van der Waals surface area contributed by atoms with E-state index in [9.17, 15) is 0 Å². The largest absolute Gasteiger partial charge is 0.468 e. The Labute approximate surface area is 164 Å². The van der Waals surface area contributed by atoms with E-state index in [2.05, 4.69) is 32.4 Å². The van der Waals surface area contributed by atoms with Crippen molar-refractivity contribution >= 4 is 41.3 Å². The van der Waals surface area contributed by atoms with Gasteiger partial charge < -0.3 is 15.1 Å². The SMILES string of the molecule is CCc1cnc(CNC(=NC)NCC(c2ccco2)N(C)C)s1.I. The molecular formula is C16H26IN5OS. The smallest absolute Gasteiger partial charge is 0.191 e. The molecule has 8 heteroatoms. The highest BCUT2D eigenvalue weighted by atomic mass is 127. The molecule has 134 valence electrons. The lowest BCUT2D eigenvalue weighted by molar-refractivity contribution is 0.258. The predicted octanol–water partition coefficient (Wildman–Crippen LogP) is 2.88. The molecule has 0 amide bonds. The zero-order valence-electron chi connectivity index (χ0n) is 14.6. The van der Waals surface area contributed by atoms with Gasteiger partial charge in [-0.2, -0.15) is 0 Å². The quantitative estimate of drug-likeness (QED) is 0.376. The summed E-state index contributed by atoms with van der Waals surface area (Å²) < 4.78 is 5.52. The highest BCUT2D eigenvalue weighted by molar-refractivity contribution is 14.0. The van der Waals surface area contributed by atoms with Crippen LogP contribution in [0.3, 0.4) is 0 Å². The lowest BCUT2D eigenvalue weighted by Crippen LogP contribution is -2.41. The molecule has 2 N–H and O–H groups in total. The van der Waals surface area contributed by atoms with Crippen LogP contribution in [0, 0.1) is 0 Å². The number of halogens is 1. The zero-order chi connectivity index (χ0) is 16.7. The number of hydrogen-bond donors (Lipinski definition) is 2. The maximum absolute atomic E-state index is 5.52. The standard InChI is InChI=1S/C16H25N5OS.HI/c1-5-12-9-18-15(23-12)11-20-16(17-2)19-10-13(21(3)4)14-7-6-8-22-14;/h6-9,13H,5,10-11H2,1-4H3,(H2,17,19,20);1H. The van der Waals surface area contributed by atoms with Crippen LogP contribution in [0.15, 0.2) is 34.0 Å². The van der Waals surface area contributed by atoms with Crippen molar-refractivity contribution in [1.82, 2.24) is 20.5 Å². The number of nitrogens with zero attached hydrogens (tertiary/aromatic N) is 3. The van der Waals surface area contributed by atoms with Gasteiger partial charge in [0.15, 0.2) is 5.96 Å². The fourth-order valence-corrected chi connectivity index (χ4v) is 2.99. The van der Waals surface area contributed by atoms with Crippen molar-refractivity contribution in [2.45, 2.75) is 25.9 Å². The molecule has 0 aliphatic heterocycles. The summed E-state index contributed by atoms with van der Waals surface area (Å²) in [6.07, 6.45) is 4.67. The Kier molecular flexibility index (Phi) is 9.30. The minimum atomic E-state index is 0. The Balaban J connectivity index is 0.00000288. The molecule has 0 aliphatic carbocycles. The van der Waals surface area contributed by atoms with Crippen molar-refractivity contribution in [3.8, 4) is 0 Å². The van der Waals surface area contributed by atoms with Gasteiger partial charge in [-0.1, -0.05) is 6.92 Å². The van der Waals surface area contributed by atoms with Gasteiger partial charge in [-0.15, -0.1) is 35.3 Å². The van der Waals surface area contributed by atoms with Gasteiger partial charge in [0, 0.05) is 24.7 Å². The summed E-state index contributed by atoms with van der Waals surface area (Å²) in [6, 6.07) is 4.05. The van der Waals surface area contributed by atoms with Crippen molar-refractivity contribution in [3.63, 3.8) is 0 Å². The maximum Gasteiger partial charge on any atom is 0.191 e. The molecule has 0 aromatic carbocycles. The van der Waals surface area contributed by atoms with E-state index in [4.69, 9.17) is 4.42 Å². The molecule has 0 radical (unpaired) electrons. The number of thiazole rings is 1. The minimum Gasteiger partial charge on any atom is -0.468 e. The number of guanidine groups is 1. The summed E-state index contributed by atoms with van der Waals surface area (Å²) in [5.74, 6) is 1.70. The fraction of sp³-hybridized carbons (Fsp3) is 0.500. The zero-order valence-corrected chi connectivity index (χ0v) is 17.7. The number of hydrogen-bond acceptors (Lipinski definition) is 5. The number of rotatable bonds is 7. The number of likely N-dealkylation sites (N-methyl/N-ethyl adjacent to an activating group) is 1. The molecular weight excluding hydrogens is 437 g/mol. The van der Waals surface area contributed by atoms with Gasteiger partial charge >= 0.3 is 0 Å². The highest BCUT2D eigenvalue weighted by Crippen LogP contribution is 2.17. The van der Waals surface area contributed by atoms with E-state index in [1.807, 2.05) is 32.4 Å². The van der Waals surface area contributed by atoms with E-state index in [0.717, 1.165) is 23.1 Å². The van der Waals surface area contributed by atoms with Crippen LogP contribution in [0.5, 0.6) is 0 Å². The van der Waals surface area contributed by atoms with Gasteiger partial charge in [-0.3, -0.25) is 9.89 Å². The second-order valence-electron chi connectivity index (χ2n) is 5.38. The van der Waals surface area contributed by atoms with Crippen LogP contribution in [-0.2, 0) is 13.0 Å². The fourth-order valence-electron chi connectivity index (χ4n) is 2.19. The third-order valence-corrected chi connectivity index (χ3v) is 4.68. The second kappa shape index (κ2) is 10.7. The van der Waals surface area contributed by atoms with Crippen LogP contribution in [0.2, 0.25) is 0 Å². The van der Waals surface area contributed by atoms with Gasteiger partial charge in [0.25, 0.3) is 0 Å². The number of aryl methyl sites for hydroxylation is 1. The van der Waals surface area contributed by atoms with Crippen LogP contribution < -0.4 is 10.6 Å². The minimum absolute atomic E-state index is 0. The molecule has 2 aromatic rings. The van der Waals surface area contributed by atoms with E-state index in [0.29, 0.717) is 13.1 Å². The Morgan fingerprint density at radius 3 is 2.75 bits per heavy atom. The summed E-state index contributed by atoms with van der Waals surface area (Å²) in [4.78, 5) is 12.1. The Morgan fingerprint density at radius 1 is 1.42 bits per heavy atom. The first kappa shape index (κ1) is 20.9. The van der Waals surface area contributed by atoms with Crippen LogP contribution in [0.25, 0.3) is 0 Å². The van der Waals surface area contributed by atoms with Crippen LogP contribution in [0.1, 0.15) is 28.6 Å². The third kappa shape index (κ3) is 6.06. The van der Waals surface area contributed by atoms with Crippen molar-refractivity contribution in [1.29, 1.82) is 0 Å². The second-order valence-corrected chi connectivity index (χ2v) is 6.58. The molecule has 0 fully saturated rings. The van der Waals surface area contributed by atoms with E-state index < -0.39 is 0 Å². The van der Waals surface area contributed by atoms with Gasteiger partial charge in [0.1, 0.15) is 10.8 Å². The van der Waals surface area contributed by atoms with Gasteiger partial charge in [-0.05, 0) is 32.6 Å². The number of furan rings is 1. The first-order valence-electron chi connectivity index (χ1n) is 7.72. The summed E-state index contributed by atoms with van der Waals surface area (Å²) >= 11 is 1.73. The van der Waals surface area contributed by atoms with Crippen molar-refractivity contribution in [3.05, 3.63) is 40.2 Å². The molecule has 1 unspecified atom stereocenters. The molecule has 6 nitrogen and oxygen atoms in total. The summed E-state index contributed by atoms with van der Waals surface area (Å²) in [6.45, 7) is 3.53. The predicted molar refractivity (Wildman–Crippen MR) is 110 cm³/mol. The molecule has 0 saturated carbocycles. The number of aliphatic imine (C=N–C) groups is 1. The summed E-state index contributed by atoms with van der Waals surface area (Å²) in [5.41, 5.74) is 0. The Bertz CT molecular complexity index is 612. The van der Waals surface area contributed by atoms with E-state index in [-0.39, 0.29) is 30.0 Å². The van der Waals surface area contributed by atoms with Crippen LogP contribution >= 0.6 is 35.3 Å². The Hall–Kier alpha value is -1.13. The molecule has 0 bridgehead atoms. The van der Waals surface area contributed by atoms with E-state index in [1.165, 1.54) is 4.88 Å². The van der Waals surface area contributed by atoms with Crippen molar-refractivity contribution in [2.75, 3.05) is 27.7 Å². The average Bonchev–Trinajstić information content (AvgIpc) is 3.21. The lowest BCUT2D eigenvalue weighted by atomic mass is 10.2. The van der Waals surface area contributed by atoms with Crippen LogP contribution in [-0.4, -0.2) is 43.5 Å². The third-order valence-electron chi connectivity index (χ3n) is 3.54. The first-order valence-corrected chi connectivity index (χ1v) is 8.53. The molecule has 2 rings (SSSR count). The monoisotopic (exact) mass is 463 g/mol. The molecule has 1 atom stereocenters. The molecule has 0 spiro atoms. The van der Waals surface area contributed by atoms with E-state index >= 15 is 0 Å². The molecule has 24 heavy (non-hydrogen) atoms.